The first-order chi connectivity index (χ1) is 12.7. The lowest BCUT2D eigenvalue weighted by atomic mass is 10.1. The van der Waals surface area contributed by atoms with Gasteiger partial charge in [-0.25, -0.2) is 9.97 Å². The van der Waals surface area contributed by atoms with Crippen LogP contribution in [0.4, 0.5) is 5.82 Å². The van der Waals surface area contributed by atoms with Crippen molar-refractivity contribution in [3.8, 4) is 6.07 Å². The molecule has 0 unspecified atom stereocenters. The first-order valence-corrected chi connectivity index (χ1v) is 8.73. The largest absolute Gasteiger partial charge is 0.352 e. The van der Waals surface area contributed by atoms with Crippen LogP contribution in [0.1, 0.15) is 17.4 Å². The van der Waals surface area contributed by atoms with Gasteiger partial charge in [0, 0.05) is 18.5 Å². The Hall–Kier alpha value is -3.39. The number of nitriles is 1. The number of rotatable bonds is 2. The van der Waals surface area contributed by atoms with Crippen LogP contribution in [0, 0.1) is 18.3 Å². The van der Waals surface area contributed by atoms with E-state index in [1.54, 1.807) is 0 Å². The number of hydrogen-bond donors (Lipinski definition) is 0. The van der Waals surface area contributed by atoms with Gasteiger partial charge in [0.05, 0.1) is 34.2 Å². The number of fused-ring (bicyclic) bond motifs is 2. The van der Waals surface area contributed by atoms with Gasteiger partial charge >= 0.3 is 0 Å². The van der Waals surface area contributed by atoms with Gasteiger partial charge in [0.25, 0.3) is 0 Å². The molecule has 5 nitrogen and oxygen atoms in total. The molecular formula is C21H17N5. The average Bonchev–Trinajstić information content (AvgIpc) is 2.96. The Balaban J connectivity index is 1.48. The molecule has 0 aliphatic carbocycles. The van der Waals surface area contributed by atoms with Gasteiger partial charge in [0.15, 0.2) is 0 Å². The average molecular weight is 339 g/mol. The van der Waals surface area contributed by atoms with Crippen molar-refractivity contribution in [3.63, 3.8) is 0 Å². The Kier molecular flexibility index (Phi) is 3.19. The Labute approximate surface area is 151 Å². The van der Waals surface area contributed by atoms with Crippen LogP contribution in [-0.4, -0.2) is 27.6 Å². The number of para-hydroxylation sites is 3. The predicted octanol–water partition coefficient (Wildman–Crippen LogP) is 3.83. The van der Waals surface area contributed by atoms with Gasteiger partial charge in [-0.15, -0.1) is 0 Å². The van der Waals surface area contributed by atoms with Gasteiger partial charge in [-0.2, -0.15) is 5.26 Å². The van der Waals surface area contributed by atoms with E-state index in [1.165, 1.54) is 5.52 Å². The topological polar surface area (TPSA) is 57.7 Å². The van der Waals surface area contributed by atoms with Crippen LogP contribution in [0.5, 0.6) is 0 Å². The summed E-state index contributed by atoms with van der Waals surface area (Å²) < 4.78 is 2.32. The van der Waals surface area contributed by atoms with Crippen molar-refractivity contribution < 1.29 is 0 Å². The van der Waals surface area contributed by atoms with Crippen molar-refractivity contribution >= 4 is 27.8 Å². The third-order valence-corrected chi connectivity index (χ3v) is 5.15. The number of imidazole rings is 1. The summed E-state index contributed by atoms with van der Waals surface area (Å²) in [5.41, 5.74) is 3.77. The van der Waals surface area contributed by atoms with Crippen molar-refractivity contribution in [2.75, 3.05) is 18.0 Å². The fraction of sp³-hybridized carbons (Fsp3) is 0.190. The van der Waals surface area contributed by atoms with Crippen LogP contribution in [0.15, 0.2) is 54.6 Å². The Morgan fingerprint density at radius 1 is 1.00 bits per heavy atom. The SMILES string of the molecule is Cc1nc2ccccc2n1C1CN(c2cc(C#N)c3ccccc3n2)C1. The first-order valence-electron chi connectivity index (χ1n) is 8.73. The molecule has 4 aromatic rings. The monoisotopic (exact) mass is 339 g/mol. The zero-order chi connectivity index (χ0) is 17.7. The van der Waals surface area contributed by atoms with Crippen LogP contribution >= 0.6 is 0 Å². The van der Waals surface area contributed by atoms with Crippen LogP contribution < -0.4 is 4.90 Å². The van der Waals surface area contributed by atoms with Crippen LogP contribution in [0.25, 0.3) is 21.9 Å². The van der Waals surface area contributed by atoms with Crippen LogP contribution in [0.3, 0.4) is 0 Å². The fourth-order valence-corrected chi connectivity index (χ4v) is 3.85. The lowest BCUT2D eigenvalue weighted by molar-refractivity contribution is 0.399. The quantitative estimate of drug-likeness (QED) is 0.557. The number of anilines is 1. The van der Waals surface area contributed by atoms with Crippen molar-refractivity contribution in [1.29, 1.82) is 5.26 Å². The molecule has 0 atom stereocenters. The highest BCUT2D eigenvalue weighted by molar-refractivity contribution is 5.86. The maximum absolute atomic E-state index is 9.48. The number of aryl methyl sites for hydroxylation is 1. The molecule has 0 saturated carbocycles. The van der Waals surface area contributed by atoms with E-state index in [2.05, 4.69) is 45.6 Å². The van der Waals surface area contributed by atoms with E-state index in [-0.39, 0.29) is 0 Å². The maximum atomic E-state index is 9.48. The summed E-state index contributed by atoms with van der Waals surface area (Å²) in [6.07, 6.45) is 0. The molecule has 2 aromatic heterocycles. The summed E-state index contributed by atoms with van der Waals surface area (Å²) >= 11 is 0. The maximum Gasteiger partial charge on any atom is 0.130 e. The second kappa shape index (κ2) is 5.57. The number of hydrogen-bond acceptors (Lipinski definition) is 4. The Morgan fingerprint density at radius 3 is 2.54 bits per heavy atom. The molecule has 26 heavy (non-hydrogen) atoms. The summed E-state index contributed by atoms with van der Waals surface area (Å²) in [5.74, 6) is 1.92. The van der Waals surface area contributed by atoms with Crippen molar-refractivity contribution in [2.24, 2.45) is 0 Å². The second-order valence-corrected chi connectivity index (χ2v) is 6.73. The van der Waals surface area contributed by atoms with Gasteiger partial charge in [-0.3, -0.25) is 0 Å². The second-order valence-electron chi connectivity index (χ2n) is 6.73. The minimum Gasteiger partial charge on any atom is -0.352 e. The fourth-order valence-electron chi connectivity index (χ4n) is 3.85. The van der Waals surface area contributed by atoms with Gasteiger partial charge in [0.2, 0.25) is 0 Å². The third-order valence-electron chi connectivity index (χ3n) is 5.15. The molecule has 1 saturated heterocycles. The summed E-state index contributed by atoms with van der Waals surface area (Å²) in [7, 11) is 0. The van der Waals surface area contributed by atoms with Crippen molar-refractivity contribution in [2.45, 2.75) is 13.0 Å². The normalized spacial score (nSPS) is 14.5. The van der Waals surface area contributed by atoms with E-state index in [0.29, 0.717) is 11.6 Å². The van der Waals surface area contributed by atoms with Crippen molar-refractivity contribution in [1.82, 2.24) is 14.5 Å². The van der Waals surface area contributed by atoms with E-state index in [9.17, 15) is 5.26 Å². The predicted molar refractivity (Wildman–Crippen MR) is 102 cm³/mol. The molecular weight excluding hydrogens is 322 g/mol. The number of aromatic nitrogens is 3. The van der Waals surface area contributed by atoms with Gasteiger partial charge in [-0.1, -0.05) is 30.3 Å². The summed E-state index contributed by atoms with van der Waals surface area (Å²) in [6.45, 7) is 3.81. The molecule has 5 heteroatoms. The van der Waals surface area contributed by atoms with Gasteiger partial charge < -0.3 is 9.47 Å². The van der Waals surface area contributed by atoms with E-state index < -0.39 is 0 Å². The highest BCUT2D eigenvalue weighted by Gasteiger charge is 2.31. The summed E-state index contributed by atoms with van der Waals surface area (Å²) in [5, 5.41) is 10.4. The zero-order valence-corrected chi connectivity index (χ0v) is 14.4. The van der Waals surface area contributed by atoms with E-state index in [1.807, 2.05) is 36.4 Å². The Bertz CT molecular complexity index is 1180. The summed E-state index contributed by atoms with van der Waals surface area (Å²) in [4.78, 5) is 11.7. The lowest BCUT2D eigenvalue weighted by Crippen LogP contribution is -2.48. The molecule has 3 heterocycles. The minimum atomic E-state index is 0.376. The molecule has 126 valence electrons. The van der Waals surface area contributed by atoms with Gasteiger partial charge in [-0.05, 0) is 31.2 Å². The van der Waals surface area contributed by atoms with Crippen molar-refractivity contribution in [3.05, 3.63) is 66.0 Å². The Morgan fingerprint density at radius 2 is 1.73 bits per heavy atom. The molecule has 2 aromatic carbocycles. The molecule has 0 radical (unpaired) electrons. The molecule has 0 bridgehead atoms. The highest BCUT2D eigenvalue weighted by atomic mass is 15.3. The minimum absolute atomic E-state index is 0.376. The molecule has 1 aliphatic rings. The molecule has 0 spiro atoms. The lowest BCUT2D eigenvalue weighted by Gasteiger charge is -2.41. The first kappa shape index (κ1) is 14.9. The molecule has 1 aliphatic heterocycles. The molecule has 0 amide bonds. The highest BCUT2D eigenvalue weighted by Crippen LogP contribution is 2.32. The van der Waals surface area contributed by atoms with Gasteiger partial charge in [0.1, 0.15) is 11.6 Å². The zero-order valence-electron chi connectivity index (χ0n) is 14.4. The molecule has 5 rings (SSSR count). The smallest absolute Gasteiger partial charge is 0.130 e. The van der Waals surface area contributed by atoms with E-state index >= 15 is 0 Å². The number of nitrogens with zero attached hydrogens (tertiary/aromatic N) is 5. The molecule has 1 fully saturated rings. The third kappa shape index (κ3) is 2.16. The standard InChI is InChI=1S/C21H17N5/c1-14-23-19-8-4-5-9-20(19)26(14)16-12-25(13-16)21-10-15(11-22)17-6-2-3-7-18(17)24-21/h2-10,16H,12-13H2,1H3. The van der Waals surface area contributed by atoms with E-state index in [0.717, 1.165) is 41.2 Å². The number of pyridine rings is 1. The van der Waals surface area contributed by atoms with Crippen LogP contribution in [-0.2, 0) is 0 Å². The summed E-state index contributed by atoms with van der Waals surface area (Å²) in [6, 6.07) is 20.7. The van der Waals surface area contributed by atoms with E-state index in [4.69, 9.17) is 4.98 Å². The van der Waals surface area contributed by atoms with Crippen LogP contribution in [0.2, 0.25) is 0 Å². The number of benzene rings is 2. The molecule has 0 N–H and O–H groups in total.